The summed E-state index contributed by atoms with van der Waals surface area (Å²) in [5.74, 6) is 0.185. The van der Waals surface area contributed by atoms with Crippen LogP contribution in [-0.4, -0.2) is 33.4 Å². The second-order valence-corrected chi connectivity index (χ2v) is 5.67. The third-order valence-corrected chi connectivity index (χ3v) is 3.40. The summed E-state index contributed by atoms with van der Waals surface area (Å²) >= 11 is 0. The molecule has 1 aromatic heterocycles. The molecule has 0 spiro atoms. The van der Waals surface area contributed by atoms with E-state index in [1.165, 1.54) is 0 Å². The summed E-state index contributed by atoms with van der Waals surface area (Å²) in [6.45, 7) is 11.1. The lowest BCUT2D eigenvalue weighted by molar-refractivity contribution is 0.0938. The second-order valence-electron chi connectivity index (χ2n) is 5.67. The molecule has 0 saturated heterocycles. The number of aryl methyl sites for hydroxylation is 2. The highest BCUT2D eigenvalue weighted by Gasteiger charge is 2.18. The molecular weight excluding hydrogens is 254 g/mol. The molecule has 1 aromatic rings. The van der Waals surface area contributed by atoms with Crippen LogP contribution in [0.2, 0.25) is 0 Å². The zero-order valence-corrected chi connectivity index (χ0v) is 13.2. The number of nitrogens with one attached hydrogen (secondary N) is 1. The largest absolute Gasteiger partial charge is 0.393 e. The van der Waals surface area contributed by atoms with Crippen LogP contribution in [0.3, 0.4) is 0 Å². The molecule has 0 aromatic carbocycles. The van der Waals surface area contributed by atoms with Gasteiger partial charge in [-0.05, 0) is 39.5 Å². The van der Waals surface area contributed by atoms with Gasteiger partial charge >= 0.3 is 0 Å². The molecule has 0 bridgehead atoms. The fourth-order valence-corrected chi connectivity index (χ4v) is 2.48. The maximum absolute atomic E-state index is 12.3. The lowest BCUT2D eigenvalue weighted by atomic mass is 10.0. The molecule has 2 N–H and O–H groups in total. The van der Waals surface area contributed by atoms with E-state index in [-0.39, 0.29) is 17.9 Å². The van der Waals surface area contributed by atoms with Crippen LogP contribution in [0.5, 0.6) is 0 Å². The molecule has 114 valence electrons. The summed E-state index contributed by atoms with van der Waals surface area (Å²) in [4.78, 5) is 12.3. The number of aliphatic hydroxyl groups is 1. The van der Waals surface area contributed by atoms with Gasteiger partial charge in [0.05, 0.1) is 17.4 Å². The Bertz CT molecular complexity index is 452. The van der Waals surface area contributed by atoms with Gasteiger partial charge in [0.2, 0.25) is 0 Å². The van der Waals surface area contributed by atoms with Gasteiger partial charge in [-0.1, -0.05) is 13.8 Å². The summed E-state index contributed by atoms with van der Waals surface area (Å²) in [7, 11) is 0. The summed E-state index contributed by atoms with van der Waals surface area (Å²) < 4.78 is 1.89. The highest BCUT2D eigenvalue weighted by molar-refractivity contribution is 5.96. The molecule has 1 heterocycles. The Kier molecular flexibility index (Phi) is 6.20. The normalized spacial score (nSPS) is 14.1. The molecular formula is C15H27N3O2. The van der Waals surface area contributed by atoms with Gasteiger partial charge in [0.25, 0.3) is 5.91 Å². The molecule has 5 heteroatoms. The van der Waals surface area contributed by atoms with Crippen molar-refractivity contribution in [3.63, 3.8) is 0 Å². The van der Waals surface area contributed by atoms with Gasteiger partial charge in [-0.3, -0.25) is 9.48 Å². The number of carbonyl (C=O) groups is 1. The smallest absolute Gasteiger partial charge is 0.255 e. The van der Waals surface area contributed by atoms with E-state index in [1.54, 1.807) is 6.92 Å². The number of nitrogens with zero attached hydrogens (tertiary/aromatic N) is 2. The molecule has 0 radical (unpaired) electrons. The van der Waals surface area contributed by atoms with E-state index in [2.05, 4.69) is 17.3 Å². The fraction of sp³-hybridized carbons (Fsp3) is 0.733. The monoisotopic (exact) mass is 281 g/mol. The third-order valence-electron chi connectivity index (χ3n) is 3.40. The molecule has 0 fully saturated rings. The summed E-state index contributed by atoms with van der Waals surface area (Å²) in [6.07, 6.45) is 1.35. The molecule has 1 rings (SSSR count). The number of hydrogen-bond donors (Lipinski definition) is 2. The fourth-order valence-electron chi connectivity index (χ4n) is 2.48. The molecule has 0 aliphatic carbocycles. The van der Waals surface area contributed by atoms with Crippen molar-refractivity contribution >= 4 is 5.91 Å². The van der Waals surface area contributed by atoms with Gasteiger partial charge < -0.3 is 10.4 Å². The lowest BCUT2D eigenvalue weighted by Crippen LogP contribution is -2.30. The predicted octanol–water partition coefficient (Wildman–Crippen LogP) is 2.05. The minimum absolute atomic E-state index is 0.0696. The van der Waals surface area contributed by atoms with Crippen molar-refractivity contribution in [1.29, 1.82) is 0 Å². The number of hydrogen-bond acceptors (Lipinski definition) is 3. The van der Waals surface area contributed by atoms with Gasteiger partial charge in [0, 0.05) is 18.8 Å². The summed E-state index contributed by atoms with van der Waals surface area (Å²) in [5.41, 5.74) is 2.38. The van der Waals surface area contributed by atoms with E-state index >= 15 is 0 Å². The average molecular weight is 281 g/mol. The van der Waals surface area contributed by atoms with Crippen LogP contribution in [0.4, 0.5) is 0 Å². The number of aliphatic hydroxyl groups excluding tert-OH is 1. The van der Waals surface area contributed by atoms with Crippen molar-refractivity contribution in [3.8, 4) is 0 Å². The molecule has 1 amide bonds. The topological polar surface area (TPSA) is 67.2 Å². The van der Waals surface area contributed by atoms with Crippen molar-refractivity contribution in [2.75, 3.05) is 6.54 Å². The third kappa shape index (κ3) is 4.34. The first-order valence-corrected chi connectivity index (χ1v) is 7.37. The Hall–Kier alpha value is -1.36. The second kappa shape index (κ2) is 7.43. The maximum Gasteiger partial charge on any atom is 0.255 e. The van der Waals surface area contributed by atoms with Crippen LogP contribution < -0.4 is 5.32 Å². The SMILES string of the molecule is CCCn1nc(C)c(C(=O)NCC(C)CC(C)O)c1C. The Labute approximate surface area is 121 Å². The number of aromatic nitrogens is 2. The van der Waals surface area contributed by atoms with Crippen LogP contribution in [0, 0.1) is 19.8 Å². The Morgan fingerprint density at radius 3 is 2.60 bits per heavy atom. The zero-order valence-electron chi connectivity index (χ0n) is 13.2. The van der Waals surface area contributed by atoms with E-state index in [0.29, 0.717) is 18.5 Å². The van der Waals surface area contributed by atoms with Crippen LogP contribution in [0.1, 0.15) is 55.4 Å². The first kappa shape index (κ1) is 16.7. The van der Waals surface area contributed by atoms with E-state index < -0.39 is 0 Å². The van der Waals surface area contributed by atoms with Gasteiger partial charge in [-0.25, -0.2) is 0 Å². The van der Waals surface area contributed by atoms with Crippen molar-refractivity contribution in [1.82, 2.24) is 15.1 Å². The molecule has 20 heavy (non-hydrogen) atoms. The highest BCUT2D eigenvalue weighted by Crippen LogP contribution is 2.14. The van der Waals surface area contributed by atoms with Crippen LogP contribution >= 0.6 is 0 Å². The van der Waals surface area contributed by atoms with Crippen molar-refractivity contribution in [2.45, 2.75) is 60.1 Å². The van der Waals surface area contributed by atoms with E-state index in [4.69, 9.17) is 0 Å². The summed E-state index contributed by atoms with van der Waals surface area (Å²) in [6, 6.07) is 0. The van der Waals surface area contributed by atoms with Gasteiger partial charge in [-0.2, -0.15) is 5.10 Å². The Morgan fingerprint density at radius 2 is 2.05 bits per heavy atom. The summed E-state index contributed by atoms with van der Waals surface area (Å²) in [5, 5.41) is 16.7. The first-order valence-electron chi connectivity index (χ1n) is 7.37. The van der Waals surface area contributed by atoms with Crippen LogP contribution in [0.25, 0.3) is 0 Å². The van der Waals surface area contributed by atoms with Gasteiger partial charge in [-0.15, -0.1) is 0 Å². The minimum Gasteiger partial charge on any atom is -0.393 e. The molecule has 2 atom stereocenters. The van der Waals surface area contributed by atoms with E-state index in [1.807, 2.05) is 25.5 Å². The van der Waals surface area contributed by atoms with Crippen molar-refractivity contribution < 1.29 is 9.90 Å². The maximum atomic E-state index is 12.3. The number of rotatable bonds is 7. The highest BCUT2D eigenvalue weighted by atomic mass is 16.3. The standard InChI is InChI=1S/C15H27N3O2/c1-6-7-18-13(5)14(12(4)17-18)15(20)16-9-10(2)8-11(3)19/h10-11,19H,6-9H2,1-5H3,(H,16,20). The minimum atomic E-state index is -0.335. The number of amides is 1. The number of carbonyl (C=O) groups excluding carboxylic acids is 1. The van der Waals surface area contributed by atoms with E-state index in [9.17, 15) is 9.90 Å². The molecule has 5 nitrogen and oxygen atoms in total. The average Bonchev–Trinajstić information content (AvgIpc) is 2.61. The first-order chi connectivity index (χ1) is 9.36. The predicted molar refractivity (Wildman–Crippen MR) is 79.8 cm³/mol. The van der Waals surface area contributed by atoms with Crippen LogP contribution in [0.15, 0.2) is 0 Å². The molecule has 0 saturated carbocycles. The van der Waals surface area contributed by atoms with E-state index in [0.717, 1.165) is 24.4 Å². The quantitative estimate of drug-likeness (QED) is 0.804. The Balaban J connectivity index is 2.68. The lowest BCUT2D eigenvalue weighted by Gasteiger charge is -2.14. The van der Waals surface area contributed by atoms with Gasteiger partial charge in [0.15, 0.2) is 0 Å². The molecule has 0 aliphatic rings. The van der Waals surface area contributed by atoms with Gasteiger partial charge in [0.1, 0.15) is 0 Å². The zero-order chi connectivity index (χ0) is 15.3. The van der Waals surface area contributed by atoms with Crippen molar-refractivity contribution in [3.05, 3.63) is 17.0 Å². The van der Waals surface area contributed by atoms with Crippen LogP contribution in [-0.2, 0) is 6.54 Å². The molecule has 0 aliphatic heterocycles. The van der Waals surface area contributed by atoms with Crippen molar-refractivity contribution in [2.24, 2.45) is 5.92 Å². The molecule has 2 unspecified atom stereocenters. The Morgan fingerprint density at radius 1 is 1.40 bits per heavy atom.